The number of benzene rings is 2. The highest BCUT2D eigenvalue weighted by Gasteiger charge is 2.20. The van der Waals surface area contributed by atoms with Crippen molar-refractivity contribution in [3.05, 3.63) is 71.4 Å². The Morgan fingerprint density at radius 3 is 2.30 bits per heavy atom. The average molecular weight is 314 g/mol. The Labute approximate surface area is 130 Å². The average Bonchev–Trinajstić information content (AvgIpc) is 2.96. The topological polar surface area (TPSA) is 73.8 Å². The number of halogens is 2. The number of hydrogen-bond donors (Lipinski definition) is 1. The van der Waals surface area contributed by atoms with Crippen LogP contribution in [0.2, 0.25) is 0 Å². The number of carbonyl (C=O) groups is 1. The Kier molecular flexibility index (Phi) is 3.84. The van der Waals surface area contributed by atoms with Crippen molar-refractivity contribution in [2.75, 3.05) is 0 Å². The molecule has 1 aromatic heterocycles. The molecule has 0 saturated heterocycles. The quantitative estimate of drug-likeness (QED) is 0.803. The number of carbonyl (C=O) groups excluding carboxylic acids is 1. The van der Waals surface area contributed by atoms with E-state index in [1.165, 1.54) is 10.7 Å². The van der Waals surface area contributed by atoms with Gasteiger partial charge in [-0.05, 0) is 12.1 Å². The van der Waals surface area contributed by atoms with Crippen molar-refractivity contribution in [1.82, 2.24) is 15.0 Å². The fourth-order valence-corrected chi connectivity index (χ4v) is 2.30. The van der Waals surface area contributed by atoms with Gasteiger partial charge in [0.1, 0.15) is 17.3 Å². The van der Waals surface area contributed by atoms with Gasteiger partial charge in [0.15, 0.2) is 5.69 Å². The van der Waals surface area contributed by atoms with Crippen LogP contribution in [0.3, 0.4) is 0 Å². The van der Waals surface area contributed by atoms with Gasteiger partial charge < -0.3 is 5.73 Å². The van der Waals surface area contributed by atoms with Crippen molar-refractivity contribution in [3.63, 3.8) is 0 Å². The number of primary amides is 1. The van der Waals surface area contributed by atoms with E-state index in [0.717, 1.165) is 12.1 Å². The van der Waals surface area contributed by atoms with Crippen LogP contribution in [0.15, 0.2) is 48.5 Å². The van der Waals surface area contributed by atoms with Crippen molar-refractivity contribution >= 4 is 5.91 Å². The molecule has 3 rings (SSSR count). The van der Waals surface area contributed by atoms with Crippen LogP contribution in [0.4, 0.5) is 8.78 Å². The fraction of sp³-hybridized carbons (Fsp3) is 0.0625. The number of aromatic nitrogens is 3. The molecule has 7 heteroatoms. The van der Waals surface area contributed by atoms with Crippen LogP contribution in [0, 0.1) is 11.6 Å². The van der Waals surface area contributed by atoms with Gasteiger partial charge in [-0.25, -0.2) is 13.5 Å². The van der Waals surface area contributed by atoms with Gasteiger partial charge in [0, 0.05) is 11.1 Å². The van der Waals surface area contributed by atoms with Crippen LogP contribution < -0.4 is 5.73 Å². The molecule has 0 spiro atoms. The van der Waals surface area contributed by atoms with Crippen LogP contribution in [0.25, 0.3) is 11.3 Å². The molecule has 0 bridgehead atoms. The first kappa shape index (κ1) is 14.8. The largest absolute Gasteiger partial charge is 0.364 e. The molecule has 0 radical (unpaired) electrons. The highest BCUT2D eigenvalue weighted by Crippen LogP contribution is 2.24. The second-order valence-electron chi connectivity index (χ2n) is 4.87. The number of nitrogens with zero attached hydrogens (tertiary/aromatic N) is 3. The summed E-state index contributed by atoms with van der Waals surface area (Å²) in [4.78, 5) is 11.6. The van der Waals surface area contributed by atoms with E-state index in [4.69, 9.17) is 5.73 Å². The molecule has 0 fully saturated rings. The summed E-state index contributed by atoms with van der Waals surface area (Å²) in [5.41, 5.74) is 6.05. The monoisotopic (exact) mass is 314 g/mol. The maximum atomic E-state index is 13.8. The summed E-state index contributed by atoms with van der Waals surface area (Å²) in [6, 6.07) is 12.4. The molecule has 2 aromatic carbocycles. The summed E-state index contributed by atoms with van der Waals surface area (Å²) < 4.78 is 28.9. The fourth-order valence-electron chi connectivity index (χ4n) is 2.30. The van der Waals surface area contributed by atoms with Gasteiger partial charge in [-0.15, -0.1) is 5.10 Å². The second kappa shape index (κ2) is 5.96. The van der Waals surface area contributed by atoms with E-state index >= 15 is 0 Å². The van der Waals surface area contributed by atoms with E-state index in [9.17, 15) is 13.6 Å². The van der Waals surface area contributed by atoms with Gasteiger partial charge in [-0.3, -0.25) is 4.79 Å². The molecule has 2 N–H and O–H groups in total. The zero-order chi connectivity index (χ0) is 16.4. The highest BCUT2D eigenvalue weighted by atomic mass is 19.1. The Balaban J connectivity index is 2.12. The molecule has 23 heavy (non-hydrogen) atoms. The van der Waals surface area contributed by atoms with Crippen LogP contribution in [0.5, 0.6) is 0 Å². The third kappa shape index (κ3) is 2.80. The molecule has 0 saturated carbocycles. The molecule has 0 atom stereocenters. The number of hydrogen-bond acceptors (Lipinski definition) is 3. The van der Waals surface area contributed by atoms with E-state index in [1.807, 2.05) is 0 Å². The first-order valence-electron chi connectivity index (χ1n) is 6.79. The minimum atomic E-state index is -0.760. The van der Waals surface area contributed by atoms with Gasteiger partial charge in [0.25, 0.3) is 5.91 Å². The zero-order valence-corrected chi connectivity index (χ0v) is 11.9. The summed E-state index contributed by atoms with van der Waals surface area (Å²) in [6.45, 7) is -0.205. The molecule has 1 amide bonds. The summed E-state index contributed by atoms with van der Waals surface area (Å²) in [7, 11) is 0. The van der Waals surface area contributed by atoms with Crippen LogP contribution in [-0.2, 0) is 6.54 Å². The summed E-state index contributed by atoms with van der Waals surface area (Å²) in [6.07, 6.45) is 0. The van der Waals surface area contributed by atoms with Crippen molar-refractivity contribution in [1.29, 1.82) is 0 Å². The summed E-state index contributed by atoms with van der Waals surface area (Å²) in [5.74, 6) is -2.15. The minimum Gasteiger partial charge on any atom is -0.364 e. The molecule has 0 aliphatic heterocycles. The van der Waals surface area contributed by atoms with Crippen molar-refractivity contribution in [2.24, 2.45) is 5.73 Å². The van der Waals surface area contributed by atoms with Crippen LogP contribution in [-0.4, -0.2) is 20.9 Å². The highest BCUT2D eigenvalue weighted by molar-refractivity contribution is 5.96. The van der Waals surface area contributed by atoms with Crippen molar-refractivity contribution in [2.45, 2.75) is 6.54 Å². The van der Waals surface area contributed by atoms with Crippen molar-refractivity contribution < 1.29 is 13.6 Å². The Morgan fingerprint density at radius 2 is 1.70 bits per heavy atom. The molecule has 116 valence electrons. The smallest absolute Gasteiger partial charge is 0.271 e. The molecule has 0 unspecified atom stereocenters. The molecular weight excluding hydrogens is 302 g/mol. The first-order valence-corrected chi connectivity index (χ1v) is 6.79. The third-order valence-electron chi connectivity index (χ3n) is 3.39. The molecule has 0 aliphatic rings. The lowest BCUT2D eigenvalue weighted by Crippen LogP contribution is -2.14. The second-order valence-corrected chi connectivity index (χ2v) is 4.87. The van der Waals surface area contributed by atoms with E-state index in [0.29, 0.717) is 11.3 Å². The van der Waals surface area contributed by atoms with Crippen molar-refractivity contribution in [3.8, 4) is 11.3 Å². The van der Waals surface area contributed by atoms with Gasteiger partial charge in [0.05, 0.1) is 6.54 Å². The SMILES string of the molecule is NC(=O)c1nnn(Cc2c(F)cccc2F)c1-c1ccccc1. The lowest BCUT2D eigenvalue weighted by atomic mass is 10.1. The first-order chi connectivity index (χ1) is 11.1. The predicted octanol–water partition coefficient (Wildman–Crippen LogP) is 2.37. The maximum Gasteiger partial charge on any atom is 0.271 e. The number of nitrogens with two attached hydrogens (primary N) is 1. The number of rotatable bonds is 4. The predicted molar refractivity (Wildman–Crippen MR) is 79.4 cm³/mol. The van der Waals surface area contributed by atoms with E-state index in [1.54, 1.807) is 30.3 Å². The molecule has 1 heterocycles. The molecule has 3 aromatic rings. The van der Waals surface area contributed by atoms with E-state index in [-0.39, 0.29) is 17.8 Å². The number of amides is 1. The Hall–Kier alpha value is -3.09. The molecule has 5 nitrogen and oxygen atoms in total. The summed E-state index contributed by atoms with van der Waals surface area (Å²) >= 11 is 0. The maximum absolute atomic E-state index is 13.8. The van der Waals surface area contributed by atoms with Gasteiger partial charge in [0.2, 0.25) is 0 Å². The Morgan fingerprint density at radius 1 is 1.04 bits per heavy atom. The van der Waals surface area contributed by atoms with Crippen LogP contribution >= 0.6 is 0 Å². The lowest BCUT2D eigenvalue weighted by molar-refractivity contribution is 0.0996. The van der Waals surface area contributed by atoms with E-state index in [2.05, 4.69) is 10.3 Å². The lowest BCUT2D eigenvalue weighted by Gasteiger charge is -2.09. The van der Waals surface area contributed by atoms with E-state index < -0.39 is 17.5 Å². The summed E-state index contributed by atoms with van der Waals surface area (Å²) in [5, 5.41) is 7.56. The zero-order valence-electron chi connectivity index (χ0n) is 11.9. The minimum absolute atomic E-state index is 0.0482. The third-order valence-corrected chi connectivity index (χ3v) is 3.39. The van der Waals surface area contributed by atoms with Crippen LogP contribution in [0.1, 0.15) is 16.1 Å². The van der Waals surface area contributed by atoms with Gasteiger partial charge in [-0.1, -0.05) is 41.6 Å². The Bertz CT molecular complexity index is 842. The standard InChI is InChI=1S/C16H12F2N4O/c17-12-7-4-8-13(18)11(12)9-22-15(10-5-2-1-3-6-10)14(16(19)23)20-21-22/h1-8H,9H2,(H2,19,23). The molecule has 0 aliphatic carbocycles. The normalized spacial score (nSPS) is 10.7. The van der Waals surface area contributed by atoms with Gasteiger partial charge >= 0.3 is 0 Å². The van der Waals surface area contributed by atoms with Gasteiger partial charge in [-0.2, -0.15) is 0 Å². The molecular formula is C16H12F2N4O.